The zero-order valence-electron chi connectivity index (χ0n) is 18.7. The number of hydrogen-bond donors (Lipinski definition) is 2. The van der Waals surface area contributed by atoms with Crippen molar-refractivity contribution < 1.29 is 14.5 Å². The van der Waals surface area contributed by atoms with Crippen molar-refractivity contribution in [2.45, 2.75) is 46.1 Å². The predicted molar refractivity (Wildman–Crippen MR) is 120 cm³/mol. The van der Waals surface area contributed by atoms with E-state index >= 15 is 0 Å². The SMILES string of the molecule is COc1ccc(C(=O)NNc2ncnc(N3CC4(C)CC3CC(C)(C)C4)c2[N+](=O)[O-])cc1. The largest absolute Gasteiger partial charge is 0.497 e. The summed E-state index contributed by atoms with van der Waals surface area (Å²) < 4.78 is 5.09. The summed E-state index contributed by atoms with van der Waals surface area (Å²) >= 11 is 0. The van der Waals surface area contributed by atoms with Crippen molar-refractivity contribution in [2.24, 2.45) is 10.8 Å². The second-order valence-corrected chi connectivity index (χ2v) is 9.80. The van der Waals surface area contributed by atoms with Gasteiger partial charge in [0.05, 0.1) is 12.0 Å². The van der Waals surface area contributed by atoms with Crippen molar-refractivity contribution in [3.05, 3.63) is 46.3 Å². The van der Waals surface area contributed by atoms with Crippen molar-refractivity contribution in [1.29, 1.82) is 0 Å². The number of amides is 1. The van der Waals surface area contributed by atoms with E-state index in [9.17, 15) is 14.9 Å². The van der Waals surface area contributed by atoms with Gasteiger partial charge in [-0.25, -0.2) is 9.97 Å². The number of aromatic nitrogens is 2. The number of methoxy groups -OCH3 is 1. The lowest BCUT2D eigenvalue weighted by molar-refractivity contribution is -0.383. The zero-order chi connectivity index (χ0) is 23.1. The Balaban J connectivity index is 1.58. The first-order valence-corrected chi connectivity index (χ1v) is 10.6. The molecule has 2 heterocycles. The lowest BCUT2D eigenvalue weighted by Crippen LogP contribution is -2.35. The smallest absolute Gasteiger partial charge is 0.355 e. The van der Waals surface area contributed by atoms with E-state index in [1.165, 1.54) is 13.4 Å². The minimum Gasteiger partial charge on any atom is -0.497 e. The van der Waals surface area contributed by atoms with Crippen LogP contribution in [0.2, 0.25) is 0 Å². The molecule has 1 saturated heterocycles. The Morgan fingerprint density at radius 3 is 2.59 bits per heavy atom. The average molecular weight is 441 g/mol. The van der Waals surface area contributed by atoms with Crippen LogP contribution in [-0.2, 0) is 0 Å². The molecule has 0 spiro atoms. The van der Waals surface area contributed by atoms with E-state index in [0.29, 0.717) is 17.9 Å². The van der Waals surface area contributed by atoms with Crippen LogP contribution in [0.25, 0.3) is 0 Å². The molecule has 2 N–H and O–H groups in total. The number of carbonyl (C=O) groups is 1. The Morgan fingerprint density at radius 2 is 1.94 bits per heavy atom. The molecule has 2 aliphatic rings. The fourth-order valence-corrected chi connectivity index (χ4v) is 5.48. The molecule has 1 saturated carbocycles. The van der Waals surface area contributed by atoms with Crippen LogP contribution in [0.3, 0.4) is 0 Å². The van der Waals surface area contributed by atoms with Crippen molar-refractivity contribution >= 4 is 23.2 Å². The van der Waals surface area contributed by atoms with Crippen LogP contribution in [0.1, 0.15) is 50.4 Å². The molecule has 1 amide bonds. The molecular weight excluding hydrogens is 412 g/mol. The molecule has 1 aliphatic carbocycles. The van der Waals surface area contributed by atoms with E-state index in [1.807, 2.05) is 4.90 Å². The van der Waals surface area contributed by atoms with Gasteiger partial charge in [-0.05, 0) is 54.4 Å². The molecule has 2 atom stereocenters. The predicted octanol–water partition coefficient (Wildman–Crippen LogP) is 3.56. The van der Waals surface area contributed by atoms with Crippen LogP contribution in [0.4, 0.5) is 17.3 Å². The standard InChI is InChI=1S/C22H28N6O4/c1-21(2)9-15-10-22(3,11-21)12-27(15)19-17(28(30)31)18(23-13-24-19)25-26-20(29)14-5-7-16(32-4)8-6-14/h5-8,13,15H,9-12H2,1-4H3,(H,26,29)(H,23,24,25). The molecule has 2 aromatic rings. The topological polar surface area (TPSA) is 123 Å². The molecule has 2 unspecified atom stereocenters. The first kappa shape index (κ1) is 21.8. The van der Waals surface area contributed by atoms with Crippen LogP contribution in [-0.4, -0.2) is 40.5 Å². The van der Waals surface area contributed by atoms with Crippen molar-refractivity contribution in [2.75, 3.05) is 24.0 Å². The summed E-state index contributed by atoms with van der Waals surface area (Å²) in [6, 6.07) is 6.70. The Morgan fingerprint density at radius 1 is 1.22 bits per heavy atom. The van der Waals surface area contributed by atoms with Crippen LogP contribution in [0.5, 0.6) is 5.75 Å². The molecule has 0 radical (unpaired) electrons. The van der Waals surface area contributed by atoms with E-state index in [0.717, 1.165) is 19.3 Å². The maximum atomic E-state index is 12.5. The van der Waals surface area contributed by atoms with Crippen LogP contribution < -0.4 is 20.5 Å². The monoisotopic (exact) mass is 440 g/mol. The summed E-state index contributed by atoms with van der Waals surface area (Å²) in [7, 11) is 1.54. The number of nitrogens with one attached hydrogen (secondary N) is 2. The Hall–Kier alpha value is -3.43. The van der Waals surface area contributed by atoms with Gasteiger partial charge in [0.25, 0.3) is 5.91 Å². The highest BCUT2D eigenvalue weighted by Crippen LogP contribution is 2.54. The summed E-state index contributed by atoms with van der Waals surface area (Å²) in [5, 5.41) is 12.0. The third-order valence-corrected chi connectivity index (χ3v) is 6.32. The number of ether oxygens (including phenoxy) is 1. The minimum absolute atomic E-state index is 0.0484. The highest BCUT2D eigenvalue weighted by atomic mass is 16.6. The van der Waals surface area contributed by atoms with Gasteiger partial charge in [-0.1, -0.05) is 20.8 Å². The number of hydrazine groups is 1. The summed E-state index contributed by atoms with van der Waals surface area (Å²) in [4.78, 5) is 34.4. The Labute approximate surface area is 186 Å². The maximum Gasteiger partial charge on any atom is 0.355 e. The Bertz CT molecular complexity index is 1040. The van der Waals surface area contributed by atoms with Crippen LogP contribution in [0.15, 0.2) is 30.6 Å². The number of anilines is 2. The average Bonchev–Trinajstić information content (AvgIpc) is 3.00. The van der Waals surface area contributed by atoms with E-state index < -0.39 is 10.8 Å². The normalized spacial score (nSPS) is 23.5. The van der Waals surface area contributed by atoms with Gasteiger partial charge in [-0.2, -0.15) is 0 Å². The van der Waals surface area contributed by atoms with Crippen LogP contribution >= 0.6 is 0 Å². The minimum atomic E-state index is -0.493. The molecule has 10 nitrogen and oxygen atoms in total. The van der Waals surface area contributed by atoms with Gasteiger partial charge in [-0.15, -0.1) is 0 Å². The molecule has 32 heavy (non-hydrogen) atoms. The molecule has 4 rings (SSSR count). The van der Waals surface area contributed by atoms with E-state index in [4.69, 9.17) is 4.74 Å². The van der Waals surface area contributed by atoms with Gasteiger partial charge >= 0.3 is 5.69 Å². The van der Waals surface area contributed by atoms with E-state index in [2.05, 4.69) is 41.6 Å². The van der Waals surface area contributed by atoms with Gasteiger partial charge in [0.2, 0.25) is 11.6 Å². The summed E-state index contributed by atoms with van der Waals surface area (Å²) in [6.07, 6.45) is 4.28. The first-order chi connectivity index (χ1) is 15.1. The van der Waals surface area contributed by atoms with E-state index in [1.54, 1.807) is 24.3 Å². The fraction of sp³-hybridized carbons (Fsp3) is 0.500. The molecule has 1 aromatic carbocycles. The van der Waals surface area contributed by atoms with Gasteiger partial charge in [0.1, 0.15) is 12.1 Å². The lowest BCUT2D eigenvalue weighted by atomic mass is 9.65. The van der Waals surface area contributed by atoms with Crippen molar-refractivity contribution in [1.82, 2.24) is 15.4 Å². The molecule has 10 heteroatoms. The molecular formula is C22H28N6O4. The van der Waals surface area contributed by atoms with Gasteiger partial charge < -0.3 is 9.64 Å². The quantitative estimate of drug-likeness (QED) is 0.516. The van der Waals surface area contributed by atoms with Crippen molar-refractivity contribution in [3.8, 4) is 5.75 Å². The molecule has 1 aliphatic heterocycles. The Kier molecular flexibility index (Phi) is 5.39. The van der Waals surface area contributed by atoms with Gasteiger partial charge in [-0.3, -0.25) is 25.8 Å². The van der Waals surface area contributed by atoms with Crippen molar-refractivity contribution in [3.63, 3.8) is 0 Å². The third kappa shape index (κ3) is 4.17. The number of nitrogens with zero attached hydrogens (tertiary/aromatic N) is 4. The number of carbonyl (C=O) groups excluding carboxylic acids is 1. The molecule has 2 fully saturated rings. The van der Waals surface area contributed by atoms with Gasteiger partial charge in [0.15, 0.2) is 0 Å². The molecule has 1 aromatic heterocycles. The van der Waals surface area contributed by atoms with Gasteiger partial charge in [0, 0.05) is 18.2 Å². The number of rotatable bonds is 6. The number of nitro groups is 1. The summed E-state index contributed by atoms with van der Waals surface area (Å²) in [6.45, 7) is 7.44. The second kappa shape index (κ2) is 7.92. The highest BCUT2D eigenvalue weighted by molar-refractivity contribution is 5.95. The van der Waals surface area contributed by atoms with Crippen LogP contribution in [0, 0.1) is 20.9 Å². The second-order valence-electron chi connectivity index (χ2n) is 9.80. The molecule has 170 valence electrons. The fourth-order valence-electron chi connectivity index (χ4n) is 5.48. The first-order valence-electron chi connectivity index (χ1n) is 10.6. The highest BCUT2D eigenvalue weighted by Gasteiger charge is 2.51. The third-order valence-electron chi connectivity index (χ3n) is 6.32. The maximum absolute atomic E-state index is 12.5. The summed E-state index contributed by atoms with van der Waals surface area (Å²) in [5.74, 6) is 0.414. The number of fused-ring (bicyclic) bond motifs is 2. The summed E-state index contributed by atoms with van der Waals surface area (Å²) in [5.41, 5.74) is 5.50. The zero-order valence-corrected chi connectivity index (χ0v) is 18.7. The number of benzene rings is 1. The molecule has 2 bridgehead atoms. The number of hydrogen-bond acceptors (Lipinski definition) is 8. The van der Waals surface area contributed by atoms with E-state index in [-0.39, 0.29) is 34.2 Å². The lowest BCUT2D eigenvalue weighted by Gasteiger charge is -2.39.